The average molecular weight is 375 g/mol. The Morgan fingerprint density at radius 3 is 2.85 bits per heavy atom. The smallest absolute Gasteiger partial charge is 0.266 e. The van der Waals surface area contributed by atoms with Gasteiger partial charge >= 0.3 is 0 Å². The van der Waals surface area contributed by atoms with Crippen LogP contribution in [0.25, 0.3) is 6.08 Å². The number of rotatable bonds is 3. The van der Waals surface area contributed by atoms with Gasteiger partial charge in [-0.05, 0) is 39.7 Å². The van der Waals surface area contributed by atoms with Crippen molar-refractivity contribution < 1.29 is 19.1 Å². The van der Waals surface area contributed by atoms with Crippen molar-refractivity contribution in [1.82, 2.24) is 4.90 Å². The lowest BCUT2D eigenvalue weighted by Crippen LogP contribution is -2.40. The molecular weight excluding hydrogens is 369 g/mol. The predicted octanol–water partition coefficient (Wildman–Crippen LogP) is 1.54. The van der Waals surface area contributed by atoms with E-state index in [1.807, 2.05) is 0 Å². The molecule has 0 radical (unpaired) electrons. The molecule has 20 heavy (non-hydrogen) atoms. The van der Waals surface area contributed by atoms with E-state index in [0.717, 1.165) is 16.7 Å². The van der Waals surface area contributed by atoms with Gasteiger partial charge in [-0.3, -0.25) is 9.69 Å². The highest BCUT2D eigenvalue weighted by atomic mass is 79.9. The molecule has 4 nitrogen and oxygen atoms in total. The van der Waals surface area contributed by atoms with Crippen LogP contribution in [0.15, 0.2) is 27.6 Å². The van der Waals surface area contributed by atoms with E-state index in [9.17, 15) is 19.1 Å². The minimum atomic E-state index is -1.38. The topological polar surface area (TPSA) is 60.4 Å². The summed E-state index contributed by atoms with van der Waals surface area (Å²) in [6.45, 7) is -0.574. The van der Waals surface area contributed by atoms with E-state index in [2.05, 4.69) is 15.9 Å². The van der Waals surface area contributed by atoms with Gasteiger partial charge in [0, 0.05) is 0 Å². The van der Waals surface area contributed by atoms with Gasteiger partial charge in [-0.1, -0.05) is 30.0 Å². The first-order chi connectivity index (χ1) is 9.38. The summed E-state index contributed by atoms with van der Waals surface area (Å²) in [5, 5.41) is 10.6. The number of nitrogens with zero attached hydrogens (tertiary/aromatic N) is 1. The first-order valence-corrected chi connectivity index (χ1v) is 7.30. The van der Waals surface area contributed by atoms with Crippen LogP contribution in [0.4, 0.5) is 4.39 Å². The summed E-state index contributed by atoms with van der Waals surface area (Å²) in [5.41, 5.74) is 0.604. The number of hydrogen-bond donors (Lipinski definition) is 0. The standard InChI is InChI=1S/C12H7BrFNO3S2/c13-7-3-6(1-2-8(7)14)4-9-11(18)15(5-10(16)17)12(19)20-9/h1-4H,5H2,(H,16,17)/p-1/b9-4+. The van der Waals surface area contributed by atoms with Gasteiger partial charge in [0.2, 0.25) is 0 Å². The van der Waals surface area contributed by atoms with E-state index < -0.39 is 24.2 Å². The average Bonchev–Trinajstić information content (AvgIpc) is 2.61. The van der Waals surface area contributed by atoms with Crippen LogP contribution >= 0.6 is 39.9 Å². The molecule has 0 bridgehead atoms. The molecular formula is C12H6BrFNO3S2-. The third-order valence-corrected chi connectivity index (χ3v) is 4.39. The summed E-state index contributed by atoms with van der Waals surface area (Å²) >= 11 is 8.99. The highest BCUT2D eigenvalue weighted by molar-refractivity contribution is 9.10. The first-order valence-electron chi connectivity index (χ1n) is 5.29. The van der Waals surface area contributed by atoms with E-state index in [0.29, 0.717) is 5.56 Å². The van der Waals surface area contributed by atoms with Crippen molar-refractivity contribution in [1.29, 1.82) is 0 Å². The fourth-order valence-electron chi connectivity index (χ4n) is 1.52. The lowest BCUT2D eigenvalue weighted by Gasteiger charge is -2.14. The van der Waals surface area contributed by atoms with Gasteiger partial charge in [-0.25, -0.2) is 4.39 Å². The lowest BCUT2D eigenvalue weighted by atomic mass is 10.2. The second-order valence-electron chi connectivity index (χ2n) is 3.81. The molecule has 1 heterocycles. The number of carbonyl (C=O) groups is 2. The fraction of sp³-hybridized carbons (Fsp3) is 0.0833. The van der Waals surface area contributed by atoms with Crippen molar-refractivity contribution >= 4 is 62.2 Å². The number of amides is 1. The Labute approximate surface area is 131 Å². The number of carboxylic acids is 1. The zero-order valence-corrected chi connectivity index (χ0v) is 13.0. The first kappa shape index (κ1) is 15.1. The van der Waals surface area contributed by atoms with E-state index in [1.165, 1.54) is 24.3 Å². The molecule has 1 amide bonds. The van der Waals surface area contributed by atoms with Crippen molar-refractivity contribution in [3.63, 3.8) is 0 Å². The van der Waals surface area contributed by atoms with Crippen LogP contribution in [0.3, 0.4) is 0 Å². The number of carbonyl (C=O) groups excluding carboxylic acids is 2. The summed E-state index contributed by atoms with van der Waals surface area (Å²) in [6.07, 6.45) is 1.53. The van der Waals surface area contributed by atoms with Crippen LogP contribution in [0.5, 0.6) is 0 Å². The molecule has 104 valence electrons. The van der Waals surface area contributed by atoms with Gasteiger partial charge in [-0.2, -0.15) is 0 Å². The molecule has 1 fully saturated rings. The molecule has 1 aliphatic rings. The molecule has 1 aromatic rings. The Morgan fingerprint density at radius 1 is 1.55 bits per heavy atom. The molecule has 2 rings (SSSR count). The highest BCUT2D eigenvalue weighted by Crippen LogP contribution is 2.32. The zero-order chi connectivity index (χ0) is 14.9. The Hall–Kier alpha value is -1.25. The third kappa shape index (κ3) is 3.25. The SMILES string of the molecule is O=C([O-])CN1C(=O)/C(=C\c2ccc(F)c(Br)c2)SC1=S. The number of hydrogen-bond acceptors (Lipinski definition) is 5. The number of aliphatic carboxylic acids is 1. The monoisotopic (exact) mass is 374 g/mol. The van der Waals surface area contributed by atoms with E-state index in [-0.39, 0.29) is 13.7 Å². The Balaban J connectivity index is 2.27. The van der Waals surface area contributed by atoms with Crippen LogP contribution in [0.2, 0.25) is 0 Å². The molecule has 1 aromatic carbocycles. The predicted molar refractivity (Wildman–Crippen MR) is 79.0 cm³/mol. The maximum Gasteiger partial charge on any atom is 0.266 e. The summed E-state index contributed by atoms with van der Waals surface area (Å²) in [7, 11) is 0. The van der Waals surface area contributed by atoms with E-state index >= 15 is 0 Å². The summed E-state index contributed by atoms with van der Waals surface area (Å²) in [5.74, 6) is -2.29. The molecule has 0 spiro atoms. The van der Waals surface area contributed by atoms with E-state index in [4.69, 9.17) is 12.2 Å². The van der Waals surface area contributed by atoms with Crippen molar-refractivity contribution in [2.75, 3.05) is 6.54 Å². The van der Waals surface area contributed by atoms with Crippen LogP contribution in [-0.2, 0) is 9.59 Å². The van der Waals surface area contributed by atoms with Gasteiger partial charge in [0.25, 0.3) is 5.91 Å². The van der Waals surface area contributed by atoms with Crippen molar-refractivity contribution in [3.05, 3.63) is 39.0 Å². The summed E-state index contributed by atoms with van der Waals surface area (Å²) < 4.78 is 13.5. The lowest BCUT2D eigenvalue weighted by molar-refractivity contribution is -0.305. The molecule has 0 saturated carbocycles. The summed E-state index contributed by atoms with van der Waals surface area (Å²) in [6, 6.07) is 4.28. The Kier molecular flexibility index (Phi) is 4.56. The minimum Gasteiger partial charge on any atom is -0.548 e. The Bertz CT molecular complexity index is 648. The second kappa shape index (κ2) is 6.02. The zero-order valence-electron chi connectivity index (χ0n) is 9.76. The number of benzene rings is 1. The Morgan fingerprint density at radius 2 is 2.25 bits per heavy atom. The number of carboxylic acid groups (broad SMARTS) is 1. The van der Waals surface area contributed by atoms with Gasteiger partial charge in [0.15, 0.2) is 0 Å². The van der Waals surface area contributed by atoms with Gasteiger partial charge in [-0.15, -0.1) is 0 Å². The third-order valence-electron chi connectivity index (χ3n) is 2.40. The number of thiocarbonyl (C=S) groups is 1. The number of halogens is 2. The fourth-order valence-corrected chi connectivity index (χ4v) is 3.17. The molecule has 0 atom stereocenters. The van der Waals surface area contributed by atoms with Crippen molar-refractivity contribution in [2.24, 2.45) is 0 Å². The molecule has 8 heteroatoms. The van der Waals surface area contributed by atoms with Crippen molar-refractivity contribution in [3.8, 4) is 0 Å². The second-order valence-corrected chi connectivity index (χ2v) is 6.34. The maximum atomic E-state index is 13.1. The quantitative estimate of drug-likeness (QED) is 0.593. The van der Waals surface area contributed by atoms with Gasteiger partial charge < -0.3 is 9.90 Å². The minimum absolute atomic E-state index is 0.159. The van der Waals surface area contributed by atoms with Crippen LogP contribution in [0, 0.1) is 5.82 Å². The normalized spacial score (nSPS) is 17.1. The summed E-state index contributed by atoms with van der Waals surface area (Å²) in [4.78, 5) is 23.8. The molecule has 0 aliphatic carbocycles. The number of thioether (sulfide) groups is 1. The van der Waals surface area contributed by atoms with Crippen LogP contribution in [-0.4, -0.2) is 27.6 Å². The van der Waals surface area contributed by atoms with E-state index in [1.54, 1.807) is 0 Å². The largest absolute Gasteiger partial charge is 0.548 e. The molecule has 0 N–H and O–H groups in total. The maximum absolute atomic E-state index is 13.1. The van der Waals surface area contributed by atoms with Gasteiger partial charge in [0.05, 0.1) is 21.9 Å². The van der Waals surface area contributed by atoms with Crippen molar-refractivity contribution in [2.45, 2.75) is 0 Å². The van der Waals surface area contributed by atoms with Crippen LogP contribution < -0.4 is 5.11 Å². The molecule has 1 saturated heterocycles. The molecule has 0 aromatic heterocycles. The molecule has 0 unspecified atom stereocenters. The highest BCUT2D eigenvalue weighted by Gasteiger charge is 2.31. The van der Waals surface area contributed by atoms with Gasteiger partial charge in [0.1, 0.15) is 10.1 Å². The van der Waals surface area contributed by atoms with Crippen LogP contribution in [0.1, 0.15) is 5.56 Å². The molecule has 1 aliphatic heterocycles.